The van der Waals surface area contributed by atoms with E-state index in [2.05, 4.69) is 4.98 Å². The van der Waals surface area contributed by atoms with Crippen LogP contribution in [0.3, 0.4) is 0 Å². The number of esters is 1. The molecule has 7 heteroatoms. The van der Waals surface area contributed by atoms with Gasteiger partial charge >= 0.3 is 5.97 Å². The quantitative estimate of drug-likeness (QED) is 0.545. The molecule has 2 aromatic rings. The van der Waals surface area contributed by atoms with E-state index >= 15 is 0 Å². The van der Waals surface area contributed by atoms with E-state index in [0.29, 0.717) is 23.7 Å². The molecule has 1 N–H and O–H groups in total. The van der Waals surface area contributed by atoms with Crippen molar-refractivity contribution in [2.75, 3.05) is 19.0 Å². The number of ether oxygens (including phenoxy) is 2. The van der Waals surface area contributed by atoms with Crippen LogP contribution in [0.15, 0.2) is 41.8 Å². The first kappa shape index (κ1) is 19.3. The third-order valence-corrected chi connectivity index (χ3v) is 4.47. The van der Waals surface area contributed by atoms with Gasteiger partial charge < -0.3 is 19.1 Å². The number of aryl methyl sites for hydroxylation is 1. The summed E-state index contributed by atoms with van der Waals surface area (Å²) in [6, 6.07) is 6.90. The first-order valence-electron chi connectivity index (χ1n) is 8.14. The van der Waals surface area contributed by atoms with Crippen molar-refractivity contribution in [3.63, 3.8) is 0 Å². The van der Waals surface area contributed by atoms with E-state index in [0.717, 1.165) is 5.16 Å². The molecule has 1 aromatic carbocycles. The van der Waals surface area contributed by atoms with Crippen molar-refractivity contribution in [1.82, 2.24) is 9.55 Å². The van der Waals surface area contributed by atoms with E-state index in [1.807, 2.05) is 31.7 Å². The molecular weight excluding hydrogens is 340 g/mol. The van der Waals surface area contributed by atoms with Gasteiger partial charge in [0.25, 0.3) is 0 Å². The number of aromatic nitrogens is 2. The van der Waals surface area contributed by atoms with Crippen molar-refractivity contribution < 1.29 is 19.4 Å². The molecule has 0 aliphatic rings. The molecule has 1 atom stereocenters. The fourth-order valence-corrected chi connectivity index (χ4v) is 2.81. The zero-order valence-corrected chi connectivity index (χ0v) is 15.5. The molecule has 1 heterocycles. The standard InChI is InChI=1S/C18H24N2O4S/c1-13(2)10-24-17(22)15-6-4-5-7-16(15)23-11-14(21)12-25-18-19-8-9-20(18)3/h4-9,13-14,21H,10-12H2,1-3H3. The summed E-state index contributed by atoms with van der Waals surface area (Å²) in [5, 5.41) is 10.9. The van der Waals surface area contributed by atoms with Crippen LogP contribution < -0.4 is 4.74 Å². The summed E-state index contributed by atoms with van der Waals surface area (Å²) in [4.78, 5) is 16.3. The number of hydrogen-bond donors (Lipinski definition) is 1. The van der Waals surface area contributed by atoms with Crippen molar-refractivity contribution in [3.05, 3.63) is 42.2 Å². The highest BCUT2D eigenvalue weighted by Gasteiger charge is 2.16. The molecule has 0 saturated heterocycles. The van der Waals surface area contributed by atoms with E-state index in [1.165, 1.54) is 11.8 Å². The van der Waals surface area contributed by atoms with Crippen LogP contribution in [0.5, 0.6) is 5.75 Å². The summed E-state index contributed by atoms with van der Waals surface area (Å²) >= 11 is 1.45. The van der Waals surface area contributed by atoms with Crippen molar-refractivity contribution >= 4 is 17.7 Å². The maximum atomic E-state index is 12.2. The van der Waals surface area contributed by atoms with Crippen LogP contribution in [-0.4, -0.2) is 45.7 Å². The van der Waals surface area contributed by atoms with E-state index in [1.54, 1.807) is 30.5 Å². The predicted molar refractivity (Wildman–Crippen MR) is 97.0 cm³/mol. The van der Waals surface area contributed by atoms with E-state index in [9.17, 15) is 9.90 Å². The molecule has 0 fully saturated rings. The molecule has 0 aliphatic carbocycles. The van der Waals surface area contributed by atoms with Crippen LogP contribution >= 0.6 is 11.8 Å². The molecule has 0 bridgehead atoms. The smallest absolute Gasteiger partial charge is 0.341 e. The van der Waals surface area contributed by atoms with Crippen LogP contribution in [0, 0.1) is 5.92 Å². The number of carbonyl (C=O) groups is 1. The minimum absolute atomic E-state index is 0.0892. The molecule has 0 spiro atoms. The largest absolute Gasteiger partial charge is 0.490 e. The number of aliphatic hydroxyl groups excluding tert-OH is 1. The molecule has 6 nitrogen and oxygen atoms in total. The molecule has 136 valence electrons. The maximum absolute atomic E-state index is 12.2. The molecule has 2 rings (SSSR count). The predicted octanol–water partition coefficient (Wildman–Crippen LogP) is 2.76. The first-order chi connectivity index (χ1) is 12.0. The van der Waals surface area contributed by atoms with E-state index in [-0.39, 0.29) is 12.5 Å². The highest BCUT2D eigenvalue weighted by molar-refractivity contribution is 7.99. The van der Waals surface area contributed by atoms with Gasteiger partial charge in [0.1, 0.15) is 17.9 Å². The second-order valence-electron chi connectivity index (χ2n) is 6.09. The lowest BCUT2D eigenvalue weighted by atomic mass is 10.2. The van der Waals surface area contributed by atoms with Crippen LogP contribution in [0.25, 0.3) is 0 Å². The third kappa shape index (κ3) is 6.10. The molecule has 0 amide bonds. The van der Waals surface area contributed by atoms with Crippen LogP contribution in [-0.2, 0) is 11.8 Å². The number of hydrogen-bond acceptors (Lipinski definition) is 6. The Labute approximate surface area is 152 Å². The summed E-state index contributed by atoms with van der Waals surface area (Å²) in [5.41, 5.74) is 0.368. The maximum Gasteiger partial charge on any atom is 0.341 e. The minimum atomic E-state index is -0.679. The summed E-state index contributed by atoms with van der Waals surface area (Å²) in [7, 11) is 1.90. The average Bonchev–Trinajstić information content (AvgIpc) is 3.01. The van der Waals surface area contributed by atoms with Crippen molar-refractivity contribution in [1.29, 1.82) is 0 Å². The molecule has 1 unspecified atom stereocenters. The van der Waals surface area contributed by atoms with Crippen molar-refractivity contribution in [2.45, 2.75) is 25.1 Å². The summed E-state index contributed by atoms with van der Waals surface area (Å²) < 4.78 is 12.8. The zero-order valence-electron chi connectivity index (χ0n) is 14.7. The number of imidazole rings is 1. The number of thioether (sulfide) groups is 1. The Morgan fingerprint density at radius 1 is 1.32 bits per heavy atom. The van der Waals surface area contributed by atoms with E-state index < -0.39 is 12.1 Å². The number of rotatable bonds is 9. The Bertz CT molecular complexity index is 687. The molecule has 0 saturated carbocycles. The number of aliphatic hydroxyl groups is 1. The molecule has 25 heavy (non-hydrogen) atoms. The van der Waals surface area contributed by atoms with Crippen molar-refractivity contribution in [3.8, 4) is 5.75 Å². The fraction of sp³-hybridized carbons (Fsp3) is 0.444. The number of carbonyl (C=O) groups excluding carboxylic acids is 1. The second-order valence-corrected chi connectivity index (χ2v) is 7.07. The second kappa shape index (κ2) is 9.48. The van der Waals surface area contributed by atoms with Crippen molar-refractivity contribution in [2.24, 2.45) is 13.0 Å². The highest BCUT2D eigenvalue weighted by Crippen LogP contribution is 2.21. The zero-order chi connectivity index (χ0) is 18.2. The fourth-order valence-electron chi connectivity index (χ4n) is 1.98. The normalized spacial score (nSPS) is 12.2. The highest BCUT2D eigenvalue weighted by atomic mass is 32.2. The van der Waals surface area contributed by atoms with Crippen LogP contribution in [0.1, 0.15) is 24.2 Å². The van der Waals surface area contributed by atoms with Gasteiger partial charge in [0.2, 0.25) is 0 Å². The SMILES string of the molecule is CC(C)COC(=O)c1ccccc1OCC(O)CSc1nccn1C. The first-order valence-corrected chi connectivity index (χ1v) is 9.13. The Balaban J connectivity index is 1.87. The lowest BCUT2D eigenvalue weighted by molar-refractivity contribution is 0.0450. The third-order valence-electron chi connectivity index (χ3n) is 3.27. The Morgan fingerprint density at radius 2 is 2.08 bits per heavy atom. The Morgan fingerprint density at radius 3 is 2.76 bits per heavy atom. The van der Waals surface area contributed by atoms with Gasteiger partial charge in [0, 0.05) is 25.2 Å². The molecular formula is C18H24N2O4S. The number of nitrogens with zero attached hydrogens (tertiary/aromatic N) is 2. The van der Waals surface area contributed by atoms with Gasteiger partial charge in [0.05, 0.1) is 12.7 Å². The summed E-state index contributed by atoms with van der Waals surface area (Å²) in [6.45, 7) is 4.40. The van der Waals surface area contributed by atoms with Gasteiger partial charge in [-0.1, -0.05) is 37.7 Å². The van der Waals surface area contributed by atoms with Gasteiger partial charge in [-0.05, 0) is 18.1 Å². The van der Waals surface area contributed by atoms with Gasteiger partial charge in [-0.15, -0.1) is 0 Å². The molecule has 1 aromatic heterocycles. The van der Waals surface area contributed by atoms with Gasteiger partial charge in [-0.2, -0.15) is 0 Å². The van der Waals surface area contributed by atoms with Gasteiger partial charge in [-0.25, -0.2) is 9.78 Å². The van der Waals surface area contributed by atoms with Gasteiger partial charge in [0.15, 0.2) is 5.16 Å². The van der Waals surface area contributed by atoms with Gasteiger partial charge in [-0.3, -0.25) is 0 Å². The summed E-state index contributed by atoms with van der Waals surface area (Å²) in [5.74, 6) is 0.714. The van der Waals surface area contributed by atoms with E-state index in [4.69, 9.17) is 9.47 Å². The topological polar surface area (TPSA) is 73.6 Å². The Hall–Kier alpha value is -1.99. The minimum Gasteiger partial charge on any atom is -0.490 e. The molecule has 0 radical (unpaired) electrons. The lowest BCUT2D eigenvalue weighted by Gasteiger charge is -2.15. The summed E-state index contributed by atoms with van der Waals surface area (Å²) in [6.07, 6.45) is 2.88. The Kier molecular flexibility index (Phi) is 7.33. The average molecular weight is 364 g/mol. The monoisotopic (exact) mass is 364 g/mol. The number of para-hydroxylation sites is 1. The lowest BCUT2D eigenvalue weighted by Crippen LogP contribution is -2.21. The van der Waals surface area contributed by atoms with Crippen LogP contribution in [0.2, 0.25) is 0 Å². The van der Waals surface area contributed by atoms with Crippen LogP contribution in [0.4, 0.5) is 0 Å². The number of benzene rings is 1. The molecule has 0 aliphatic heterocycles.